The number of ether oxygens (including phenoxy) is 1. The van der Waals surface area contributed by atoms with Crippen LogP contribution in [0.5, 0.6) is 0 Å². The van der Waals surface area contributed by atoms with Gasteiger partial charge in [0.15, 0.2) is 5.13 Å². The summed E-state index contributed by atoms with van der Waals surface area (Å²) in [7, 11) is 5.59. The van der Waals surface area contributed by atoms with Gasteiger partial charge in [0.2, 0.25) is 0 Å². The number of piperazine rings is 1. The van der Waals surface area contributed by atoms with E-state index in [1.54, 1.807) is 6.20 Å². The van der Waals surface area contributed by atoms with Crippen molar-refractivity contribution in [1.82, 2.24) is 14.8 Å². The smallest absolute Gasteiger partial charge is 0.349 e. The van der Waals surface area contributed by atoms with E-state index in [1.807, 2.05) is 0 Å². The summed E-state index contributed by atoms with van der Waals surface area (Å²) < 4.78 is 4.71. The Balaban J connectivity index is 1.84. The van der Waals surface area contributed by atoms with E-state index >= 15 is 0 Å². The molecular weight excluding hydrogens is 276 g/mol. The van der Waals surface area contributed by atoms with Crippen LogP contribution in [0.15, 0.2) is 6.20 Å². The number of likely N-dealkylation sites (N-methyl/N-ethyl adjacent to an activating group) is 1. The molecule has 0 atom stereocenters. The molecule has 0 spiro atoms. The summed E-state index contributed by atoms with van der Waals surface area (Å²) >= 11 is 1.41. The summed E-state index contributed by atoms with van der Waals surface area (Å²) in [5.41, 5.74) is 0. The number of hydrogen-bond acceptors (Lipinski definition) is 7. The molecule has 1 aliphatic rings. The van der Waals surface area contributed by atoms with Gasteiger partial charge in [-0.05, 0) is 14.1 Å². The quantitative estimate of drug-likeness (QED) is 0.743. The SMILES string of the molecule is COC(=O)c1cnc(N2CCN(CCN(C)C)CC2)s1. The van der Waals surface area contributed by atoms with Crippen molar-refractivity contribution in [2.45, 2.75) is 0 Å². The molecule has 20 heavy (non-hydrogen) atoms. The van der Waals surface area contributed by atoms with Gasteiger partial charge in [-0.2, -0.15) is 0 Å². The molecule has 2 heterocycles. The van der Waals surface area contributed by atoms with Crippen LogP contribution in [0.4, 0.5) is 5.13 Å². The van der Waals surface area contributed by atoms with Gasteiger partial charge in [0, 0.05) is 39.3 Å². The molecule has 0 N–H and O–H groups in total. The van der Waals surface area contributed by atoms with Crippen molar-refractivity contribution in [3.8, 4) is 0 Å². The summed E-state index contributed by atoms with van der Waals surface area (Å²) in [6.07, 6.45) is 1.60. The maximum Gasteiger partial charge on any atom is 0.349 e. The lowest BCUT2D eigenvalue weighted by Gasteiger charge is -2.35. The van der Waals surface area contributed by atoms with Gasteiger partial charge in [0.25, 0.3) is 0 Å². The molecule has 1 saturated heterocycles. The molecule has 7 heteroatoms. The maximum absolute atomic E-state index is 11.4. The molecule has 0 bridgehead atoms. The van der Waals surface area contributed by atoms with E-state index in [0.717, 1.165) is 44.4 Å². The van der Waals surface area contributed by atoms with E-state index in [9.17, 15) is 4.79 Å². The van der Waals surface area contributed by atoms with Crippen LogP contribution in [0.2, 0.25) is 0 Å². The lowest BCUT2D eigenvalue weighted by Crippen LogP contribution is -2.48. The monoisotopic (exact) mass is 298 g/mol. The van der Waals surface area contributed by atoms with Gasteiger partial charge in [-0.15, -0.1) is 0 Å². The van der Waals surface area contributed by atoms with Crippen LogP contribution in [0.1, 0.15) is 9.67 Å². The Bertz CT molecular complexity index is 441. The average Bonchev–Trinajstić information content (AvgIpc) is 2.94. The molecular formula is C13H22N4O2S. The van der Waals surface area contributed by atoms with Crippen molar-refractivity contribution < 1.29 is 9.53 Å². The van der Waals surface area contributed by atoms with E-state index in [1.165, 1.54) is 18.4 Å². The summed E-state index contributed by atoms with van der Waals surface area (Å²) in [5.74, 6) is -0.307. The molecule has 6 nitrogen and oxygen atoms in total. The Morgan fingerprint density at radius 1 is 1.40 bits per heavy atom. The number of rotatable bonds is 5. The van der Waals surface area contributed by atoms with Gasteiger partial charge in [0.1, 0.15) is 4.88 Å². The first-order chi connectivity index (χ1) is 9.60. The predicted molar refractivity (Wildman–Crippen MR) is 80.7 cm³/mol. The van der Waals surface area contributed by atoms with Gasteiger partial charge in [-0.1, -0.05) is 11.3 Å². The Labute approximate surface area is 123 Å². The van der Waals surface area contributed by atoms with E-state index < -0.39 is 0 Å². The van der Waals surface area contributed by atoms with Gasteiger partial charge in [-0.3, -0.25) is 4.90 Å². The Hall–Kier alpha value is -1.18. The largest absolute Gasteiger partial charge is 0.465 e. The minimum Gasteiger partial charge on any atom is -0.465 e. The molecule has 1 aromatic heterocycles. The van der Waals surface area contributed by atoms with E-state index in [4.69, 9.17) is 4.74 Å². The Kier molecular flexibility index (Phi) is 5.33. The lowest BCUT2D eigenvalue weighted by molar-refractivity contribution is 0.0606. The summed E-state index contributed by atoms with van der Waals surface area (Å²) in [5, 5.41) is 0.914. The van der Waals surface area contributed by atoms with Crippen molar-refractivity contribution in [2.75, 3.05) is 65.4 Å². The van der Waals surface area contributed by atoms with Crippen LogP contribution in [0.25, 0.3) is 0 Å². The summed E-state index contributed by atoms with van der Waals surface area (Å²) in [6, 6.07) is 0. The summed E-state index contributed by atoms with van der Waals surface area (Å²) in [4.78, 5) is 23.2. The highest BCUT2D eigenvalue weighted by molar-refractivity contribution is 7.17. The Morgan fingerprint density at radius 2 is 2.10 bits per heavy atom. The van der Waals surface area contributed by atoms with Gasteiger partial charge < -0.3 is 14.5 Å². The first-order valence-electron chi connectivity index (χ1n) is 6.76. The average molecular weight is 298 g/mol. The third-order valence-corrected chi connectivity index (χ3v) is 4.42. The van der Waals surface area contributed by atoms with Crippen molar-refractivity contribution in [2.24, 2.45) is 0 Å². The van der Waals surface area contributed by atoms with Crippen molar-refractivity contribution in [3.05, 3.63) is 11.1 Å². The van der Waals surface area contributed by atoms with Crippen molar-refractivity contribution in [1.29, 1.82) is 0 Å². The first-order valence-corrected chi connectivity index (χ1v) is 7.58. The first kappa shape index (κ1) is 15.2. The lowest BCUT2D eigenvalue weighted by atomic mass is 10.3. The highest BCUT2D eigenvalue weighted by Crippen LogP contribution is 2.24. The minimum atomic E-state index is -0.307. The second-order valence-corrected chi connectivity index (χ2v) is 6.14. The van der Waals surface area contributed by atoms with E-state index in [0.29, 0.717) is 4.88 Å². The fourth-order valence-electron chi connectivity index (χ4n) is 2.11. The van der Waals surface area contributed by atoms with Gasteiger partial charge in [-0.25, -0.2) is 9.78 Å². The standard InChI is InChI=1S/C13H22N4O2S/c1-15(2)4-5-16-6-8-17(9-7-16)13-14-10-11(20-13)12(18)19-3/h10H,4-9H2,1-3H3. The fraction of sp³-hybridized carbons (Fsp3) is 0.692. The highest BCUT2D eigenvalue weighted by Gasteiger charge is 2.20. The number of methoxy groups -OCH3 is 1. The number of nitrogens with zero attached hydrogens (tertiary/aromatic N) is 4. The molecule has 0 aromatic carbocycles. The fourth-order valence-corrected chi connectivity index (χ4v) is 3.00. The summed E-state index contributed by atoms with van der Waals surface area (Å²) in [6.45, 7) is 6.20. The van der Waals surface area contributed by atoms with Crippen LogP contribution in [0.3, 0.4) is 0 Å². The zero-order valence-electron chi connectivity index (χ0n) is 12.3. The normalized spacial score (nSPS) is 16.7. The number of thiazole rings is 1. The third-order valence-electron chi connectivity index (χ3n) is 3.39. The number of esters is 1. The molecule has 1 aliphatic heterocycles. The van der Waals surface area contributed by atoms with E-state index in [-0.39, 0.29) is 5.97 Å². The molecule has 0 saturated carbocycles. The minimum absolute atomic E-state index is 0.307. The molecule has 1 aromatic rings. The van der Waals surface area contributed by atoms with Crippen molar-refractivity contribution >= 4 is 22.4 Å². The molecule has 112 valence electrons. The highest BCUT2D eigenvalue weighted by atomic mass is 32.1. The van der Waals surface area contributed by atoms with Crippen LogP contribution >= 0.6 is 11.3 Å². The van der Waals surface area contributed by atoms with Crippen LogP contribution < -0.4 is 4.90 Å². The topological polar surface area (TPSA) is 48.9 Å². The molecule has 0 radical (unpaired) electrons. The van der Waals surface area contributed by atoms with Crippen molar-refractivity contribution in [3.63, 3.8) is 0 Å². The molecule has 2 rings (SSSR count). The van der Waals surface area contributed by atoms with Gasteiger partial charge in [0.05, 0.1) is 13.3 Å². The Morgan fingerprint density at radius 3 is 2.70 bits per heavy atom. The van der Waals surface area contributed by atoms with Crippen LogP contribution in [-0.4, -0.2) is 81.2 Å². The molecule has 0 unspecified atom stereocenters. The molecule has 0 amide bonds. The number of anilines is 1. The third kappa shape index (κ3) is 3.91. The predicted octanol–water partition coefficient (Wildman–Crippen LogP) is 0.613. The van der Waals surface area contributed by atoms with Gasteiger partial charge >= 0.3 is 5.97 Å². The number of aromatic nitrogens is 1. The molecule has 0 aliphatic carbocycles. The number of carbonyl (C=O) groups is 1. The zero-order chi connectivity index (χ0) is 14.5. The molecule has 1 fully saturated rings. The van der Waals surface area contributed by atoms with Crippen LogP contribution in [0, 0.1) is 0 Å². The zero-order valence-corrected chi connectivity index (χ0v) is 13.2. The maximum atomic E-state index is 11.4. The number of hydrogen-bond donors (Lipinski definition) is 0. The number of carbonyl (C=O) groups excluding carboxylic acids is 1. The second kappa shape index (κ2) is 7.01. The second-order valence-electron chi connectivity index (χ2n) is 5.13. The van der Waals surface area contributed by atoms with Crippen LogP contribution in [-0.2, 0) is 4.74 Å². The van der Waals surface area contributed by atoms with E-state index in [2.05, 4.69) is 33.8 Å².